The first-order chi connectivity index (χ1) is 5.75. The number of carbonyl (C=O) groups excluding carboxylic acids is 1. The largest absolute Gasteiger partial charge is 0.313 e. The summed E-state index contributed by atoms with van der Waals surface area (Å²) in [4.78, 5) is 14.7. The highest BCUT2D eigenvalue weighted by Gasteiger charge is 2.10. The van der Waals surface area contributed by atoms with Crippen molar-refractivity contribution in [2.24, 2.45) is 0 Å². The molecule has 1 aromatic rings. The van der Waals surface area contributed by atoms with Crippen molar-refractivity contribution in [1.29, 1.82) is 0 Å². The van der Waals surface area contributed by atoms with Crippen LogP contribution in [-0.2, 0) is 0 Å². The van der Waals surface area contributed by atoms with Gasteiger partial charge in [0.2, 0.25) is 0 Å². The summed E-state index contributed by atoms with van der Waals surface area (Å²) in [5, 5.41) is 2.64. The molecule has 0 aliphatic carbocycles. The van der Waals surface area contributed by atoms with Crippen LogP contribution >= 0.6 is 0 Å². The van der Waals surface area contributed by atoms with Crippen molar-refractivity contribution in [3.8, 4) is 0 Å². The third-order valence-electron chi connectivity index (χ3n) is 1.36. The summed E-state index contributed by atoms with van der Waals surface area (Å²) in [6, 6.07) is 2.67. The average molecular weight is 168 g/mol. The monoisotopic (exact) mass is 168 g/mol. The highest BCUT2D eigenvalue weighted by molar-refractivity contribution is 5.95. The number of likely N-dealkylation sites (N-methyl/N-ethyl adjacent to an activating group) is 1. The van der Waals surface area contributed by atoms with Crippen molar-refractivity contribution in [2.45, 2.75) is 0 Å². The summed E-state index contributed by atoms with van der Waals surface area (Å²) in [6.07, 6.45) is 1.39. The Hall–Kier alpha value is -1.29. The summed E-state index contributed by atoms with van der Waals surface area (Å²) in [5.74, 6) is -0.909. The van der Waals surface area contributed by atoms with Gasteiger partial charge in [0.15, 0.2) is 11.6 Å². The number of nitrogens with one attached hydrogen (secondary N) is 1. The Bertz CT molecular complexity index is 288. The van der Waals surface area contributed by atoms with Gasteiger partial charge in [-0.1, -0.05) is 0 Å². The van der Waals surface area contributed by atoms with Gasteiger partial charge in [0, 0.05) is 6.20 Å². The molecule has 0 aromatic carbocycles. The fraction of sp³-hybridized carbons (Fsp3) is 0.250. The molecule has 0 aliphatic heterocycles. The van der Waals surface area contributed by atoms with Gasteiger partial charge >= 0.3 is 0 Å². The fourth-order valence-electron chi connectivity index (χ4n) is 0.835. The molecule has 12 heavy (non-hydrogen) atoms. The topological polar surface area (TPSA) is 42.0 Å². The molecule has 1 rings (SSSR count). The Balaban J connectivity index is 2.87. The molecular weight excluding hydrogens is 159 g/mol. The zero-order valence-electron chi connectivity index (χ0n) is 6.67. The van der Waals surface area contributed by atoms with Crippen LogP contribution in [0.2, 0.25) is 0 Å². The summed E-state index contributed by atoms with van der Waals surface area (Å²) in [7, 11) is 1.62. The van der Waals surface area contributed by atoms with Crippen molar-refractivity contribution < 1.29 is 9.18 Å². The summed E-state index contributed by atoms with van der Waals surface area (Å²) in [6.45, 7) is 0.105. The van der Waals surface area contributed by atoms with Crippen molar-refractivity contribution in [3.63, 3.8) is 0 Å². The second-order valence-electron chi connectivity index (χ2n) is 2.29. The highest BCUT2D eigenvalue weighted by atomic mass is 19.1. The lowest BCUT2D eigenvalue weighted by atomic mass is 10.2. The molecule has 0 amide bonds. The normalized spacial score (nSPS) is 9.83. The van der Waals surface area contributed by atoms with Crippen LogP contribution in [0, 0.1) is 5.82 Å². The molecule has 0 saturated heterocycles. The van der Waals surface area contributed by atoms with E-state index < -0.39 is 5.82 Å². The SMILES string of the molecule is CNCC(=O)c1ncccc1F. The number of hydrogen-bond donors (Lipinski definition) is 1. The third-order valence-corrected chi connectivity index (χ3v) is 1.36. The molecule has 0 atom stereocenters. The number of hydrogen-bond acceptors (Lipinski definition) is 3. The first-order valence-corrected chi connectivity index (χ1v) is 3.54. The molecule has 3 nitrogen and oxygen atoms in total. The quantitative estimate of drug-likeness (QED) is 0.673. The van der Waals surface area contributed by atoms with Crippen molar-refractivity contribution >= 4 is 5.78 Å². The standard InChI is InChI=1S/C8H9FN2O/c1-10-5-7(12)8-6(9)3-2-4-11-8/h2-4,10H,5H2,1H3. The van der Waals surface area contributed by atoms with E-state index in [9.17, 15) is 9.18 Å². The number of rotatable bonds is 3. The van der Waals surface area contributed by atoms with Gasteiger partial charge in [-0.25, -0.2) is 9.37 Å². The van der Waals surface area contributed by atoms with Gasteiger partial charge in [-0.2, -0.15) is 0 Å². The van der Waals surface area contributed by atoms with Crippen molar-refractivity contribution in [1.82, 2.24) is 10.3 Å². The van der Waals surface area contributed by atoms with Gasteiger partial charge in [0.25, 0.3) is 0 Å². The van der Waals surface area contributed by atoms with Crippen LogP contribution in [0.15, 0.2) is 18.3 Å². The Kier molecular flexibility index (Phi) is 2.88. The first kappa shape index (κ1) is 8.80. The van der Waals surface area contributed by atoms with Crippen molar-refractivity contribution in [3.05, 3.63) is 29.8 Å². The second-order valence-corrected chi connectivity index (χ2v) is 2.29. The molecule has 1 heterocycles. The Morgan fingerprint density at radius 3 is 3.08 bits per heavy atom. The molecule has 0 saturated carbocycles. The second kappa shape index (κ2) is 3.92. The third kappa shape index (κ3) is 1.85. The van der Waals surface area contributed by atoms with E-state index in [4.69, 9.17) is 0 Å². The van der Waals surface area contributed by atoms with Crippen LogP contribution in [-0.4, -0.2) is 24.4 Å². The molecule has 1 N–H and O–H groups in total. The highest BCUT2D eigenvalue weighted by Crippen LogP contribution is 2.02. The molecule has 64 valence electrons. The van der Waals surface area contributed by atoms with E-state index in [-0.39, 0.29) is 18.0 Å². The van der Waals surface area contributed by atoms with Gasteiger partial charge in [-0.05, 0) is 19.2 Å². The van der Waals surface area contributed by atoms with E-state index in [1.54, 1.807) is 7.05 Å². The summed E-state index contributed by atoms with van der Waals surface area (Å²) < 4.78 is 12.9. The summed E-state index contributed by atoms with van der Waals surface area (Å²) >= 11 is 0. The lowest BCUT2D eigenvalue weighted by Crippen LogP contribution is -2.20. The molecule has 0 radical (unpaired) electrons. The van der Waals surface area contributed by atoms with E-state index in [0.717, 1.165) is 0 Å². The minimum atomic E-state index is -0.572. The molecule has 0 aliphatic rings. The molecular formula is C8H9FN2O. The van der Waals surface area contributed by atoms with E-state index in [1.165, 1.54) is 18.3 Å². The van der Waals surface area contributed by atoms with E-state index in [2.05, 4.69) is 10.3 Å². The average Bonchev–Trinajstić information content (AvgIpc) is 2.05. The Morgan fingerprint density at radius 2 is 2.50 bits per heavy atom. The van der Waals surface area contributed by atoms with Gasteiger partial charge in [-0.3, -0.25) is 4.79 Å². The lowest BCUT2D eigenvalue weighted by Gasteiger charge is -1.98. The fourth-order valence-corrected chi connectivity index (χ4v) is 0.835. The van der Waals surface area contributed by atoms with Crippen LogP contribution in [0.25, 0.3) is 0 Å². The number of ketones is 1. The van der Waals surface area contributed by atoms with Crippen molar-refractivity contribution in [2.75, 3.05) is 13.6 Å². The zero-order chi connectivity index (χ0) is 8.97. The van der Waals surface area contributed by atoms with Crippen LogP contribution in [0.3, 0.4) is 0 Å². The van der Waals surface area contributed by atoms with E-state index >= 15 is 0 Å². The first-order valence-electron chi connectivity index (χ1n) is 3.54. The lowest BCUT2D eigenvalue weighted by molar-refractivity contribution is 0.0984. The summed E-state index contributed by atoms with van der Waals surface area (Å²) in [5.41, 5.74) is -0.105. The van der Waals surface area contributed by atoms with E-state index in [0.29, 0.717) is 0 Å². The maximum atomic E-state index is 12.9. The Labute approximate surface area is 69.6 Å². The molecule has 4 heteroatoms. The number of halogens is 1. The van der Waals surface area contributed by atoms with Gasteiger partial charge in [0.1, 0.15) is 5.69 Å². The molecule has 0 spiro atoms. The number of pyridine rings is 1. The predicted octanol–water partition coefficient (Wildman–Crippen LogP) is 0.623. The number of Topliss-reactive ketones (excluding diaryl/α,β-unsaturated/α-hetero) is 1. The maximum Gasteiger partial charge on any atom is 0.197 e. The zero-order valence-corrected chi connectivity index (χ0v) is 6.67. The van der Waals surface area contributed by atoms with Crippen LogP contribution in [0.1, 0.15) is 10.5 Å². The smallest absolute Gasteiger partial charge is 0.197 e. The maximum absolute atomic E-state index is 12.9. The number of nitrogens with zero attached hydrogens (tertiary/aromatic N) is 1. The predicted molar refractivity (Wildman–Crippen MR) is 42.5 cm³/mol. The van der Waals surface area contributed by atoms with Crippen LogP contribution in [0.4, 0.5) is 4.39 Å². The minimum absolute atomic E-state index is 0.105. The number of aromatic nitrogens is 1. The molecule has 0 fully saturated rings. The number of carbonyl (C=O) groups is 1. The Morgan fingerprint density at radius 1 is 1.75 bits per heavy atom. The van der Waals surface area contributed by atoms with E-state index in [1.807, 2.05) is 0 Å². The van der Waals surface area contributed by atoms with Gasteiger partial charge < -0.3 is 5.32 Å². The minimum Gasteiger partial charge on any atom is -0.313 e. The van der Waals surface area contributed by atoms with Gasteiger partial charge in [-0.15, -0.1) is 0 Å². The van der Waals surface area contributed by atoms with Gasteiger partial charge in [0.05, 0.1) is 6.54 Å². The molecule has 0 bridgehead atoms. The molecule has 0 unspecified atom stereocenters. The van der Waals surface area contributed by atoms with Crippen LogP contribution in [0.5, 0.6) is 0 Å². The molecule has 1 aromatic heterocycles. The van der Waals surface area contributed by atoms with Crippen LogP contribution < -0.4 is 5.32 Å².